The van der Waals surface area contributed by atoms with Crippen LogP contribution in [0.3, 0.4) is 0 Å². The van der Waals surface area contributed by atoms with Gasteiger partial charge in [0.05, 0.1) is 18.0 Å². The van der Waals surface area contributed by atoms with Gasteiger partial charge in [-0.15, -0.1) is 5.10 Å². The van der Waals surface area contributed by atoms with Crippen LogP contribution in [0, 0.1) is 5.82 Å². The summed E-state index contributed by atoms with van der Waals surface area (Å²) in [6.07, 6.45) is -4.61. The van der Waals surface area contributed by atoms with Crippen molar-refractivity contribution in [1.82, 2.24) is 19.3 Å². The van der Waals surface area contributed by atoms with E-state index in [1.165, 1.54) is 4.57 Å². The van der Waals surface area contributed by atoms with Crippen molar-refractivity contribution in [2.45, 2.75) is 45.7 Å². The van der Waals surface area contributed by atoms with E-state index >= 15 is 4.39 Å². The highest BCUT2D eigenvalue weighted by molar-refractivity contribution is 5.85. The first-order valence-corrected chi connectivity index (χ1v) is 10.8. The molecule has 0 amide bonds. The molecule has 1 N–H and O–H groups in total. The highest BCUT2D eigenvalue weighted by Crippen LogP contribution is 2.39. The van der Waals surface area contributed by atoms with Gasteiger partial charge in [-0.25, -0.2) is 14.2 Å². The Bertz CT molecular complexity index is 1410. The molecule has 0 aliphatic rings. The van der Waals surface area contributed by atoms with Crippen LogP contribution in [0.5, 0.6) is 5.88 Å². The Morgan fingerprint density at radius 1 is 1.11 bits per heavy atom. The maximum Gasteiger partial charge on any atom is 0.395 e. The molecule has 0 radical (unpaired) electrons. The lowest BCUT2D eigenvalue weighted by molar-refractivity contribution is -0.146. The number of ether oxygens (including phenoxy) is 1. The molecule has 2 heterocycles. The normalized spacial score (nSPS) is 12.9. The van der Waals surface area contributed by atoms with E-state index in [1.54, 1.807) is 6.92 Å². The summed E-state index contributed by atoms with van der Waals surface area (Å²) in [6, 6.07) is 12.2. The molecule has 2 aromatic carbocycles. The fourth-order valence-corrected chi connectivity index (χ4v) is 3.80. The predicted molar refractivity (Wildman–Crippen MR) is 120 cm³/mol. The van der Waals surface area contributed by atoms with Crippen molar-refractivity contribution in [3.63, 3.8) is 0 Å². The molecule has 4 rings (SSSR count). The second-order valence-electron chi connectivity index (χ2n) is 7.99. The molecule has 0 saturated carbocycles. The average Bonchev–Trinajstić information content (AvgIpc) is 3.12. The van der Waals surface area contributed by atoms with E-state index in [2.05, 4.69) is 10.1 Å². The molecule has 184 valence electrons. The largest absolute Gasteiger partial charge is 0.493 e. The lowest BCUT2D eigenvalue weighted by Crippen LogP contribution is -2.24. The quantitative estimate of drug-likeness (QED) is 0.376. The van der Waals surface area contributed by atoms with E-state index in [0.29, 0.717) is 0 Å². The van der Waals surface area contributed by atoms with Gasteiger partial charge in [0.15, 0.2) is 11.6 Å². The number of nitrogens with zero attached hydrogens (tertiary/aromatic N) is 4. The molecule has 0 bridgehead atoms. The maximum absolute atomic E-state index is 15.0. The Labute approximate surface area is 197 Å². The second-order valence-corrected chi connectivity index (χ2v) is 7.99. The van der Waals surface area contributed by atoms with E-state index in [-0.39, 0.29) is 47.7 Å². The summed E-state index contributed by atoms with van der Waals surface area (Å²) in [4.78, 5) is 16.7. The zero-order valence-corrected chi connectivity index (χ0v) is 18.9. The molecule has 2 aromatic heterocycles. The first kappa shape index (κ1) is 24.4. The number of aromatic nitrogens is 4. The Hall–Kier alpha value is -3.73. The first-order chi connectivity index (χ1) is 16.6. The number of fused-ring (bicyclic) bond motifs is 1. The summed E-state index contributed by atoms with van der Waals surface area (Å²) < 4.78 is 63.1. The van der Waals surface area contributed by atoms with Gasteiger partial charge in [0.2, 0.25) is 5.88 Å². The Morgan fingerprint density at radius 2 is 1.83 bits per heavy atom. The van der Waals surface area contributed by atoms with Crippen LogP contribution in [0.2, 0.25) is 0 Å². The minimum absolute atomic E-state index is 0.0358. The summed E-state index contributed by atoms with van der Waals surface area (Å²) in [5, 5.41) is 13.9. The van der Waals surface area contributed by atoms with Crippen LogP contribution in [0.1, 0.15) is 36.7 Å². The molecular weight excluding hydrogens is 468 g/mol. The van der Waals surface area contributed by atoms with Crippen molar-refractivity contribution in [3.8, 4) is 11.6 Å². The number of hydrogen-bond donors (Lipinski definition) is 1. The van der Waals surface area contributed by atoms with Gasteiger partial charge in [-0.3, -0.25) is 4.57 Å². The lowest BCUT2D eigenvalue weighted by atomic mass is 9.96. The maximum atomic E-state index is 15.0. The number of rotatable bonds is 7. The van der Waals surface area contributed by atoms with Crippen molar-refractivity contribution in [2.75, 3.05) is 0 Å². The molecule has 0 aliphatic carbocycles. The van der Waals surface area contributed by atoms with Crippen molar-refractivity contribution >= 4 is 10.9 Å². The van der Waals surface area contributed by atoms with Crippen LogP contribution in [-0.4, -0.2) is 30.6 Å². The minimum atomic E-state index is -4.61. The van der Waals surface area contributed by atoms with E-state index < -0.39 is 29.5 Å². The van der Waals surface area contributed by atoms with Crippen LogP contribution >= 0.6 is 0 Å². The Kier molecular flexibility index (Phi) is 6.62. The van der Waals surface area contributed by atoms with Gasteiger partial charge in [-0.2, -0.15) is 17.9 Å². The molecule has 4 aromatic rings. The van der Waals surface area contributed by atoms with Crippen molar-refractivity contribution in [3.05, 3.63) is 81.8 Å². The Morgan fingerprint density at radius 3 is 2.49 bits per heavy atom. The third kappa shape index (κ3) is 4.90. The molecule has 0 saturated heterocycles. The monoisotopic (exact) mass is 490 g/mol. The van der Waals surface area contributed by atoms with Gasteiger partial charge < -0.3 is 9.84 Å². The molecule has 35 heavy (non-hydrogen) atoms. The summed E-state index contributed by atoms with van der Waals surface area (Å²) >= 11 is 0. The number of hydrogen-bond acceptors (Lipinski definition) is 5. The third-order valence-corrected chi connectivity index (χ3v) is 5.68. The Balaban J connectivity index is 1.76. The molecule has 7 nitrogen and oxygen atoms in total. The van der Waals surface area contributed by atoms with Crippen molar-refractivity contribution < 1.29 is 27.4 Å². The highest BCUT2D eigenvalue weighted by Gasteiger charge is 2.38. The van der Waals surface area contributed by atoms with Crippen LogP contribution < -0.4 is 5.69 Å². The third-order valence-electron chi connectivity index (χ3n) is 5.68. The molecule has 0 fully saturated rings. The zero-order valence-electron chi connectivity index (χ0n) is 18.9. The molecule has 0 aliphatic heterocycles. The summed E-state index contributed by atoms with van der Waals surface area (Å²) in [6.45, 7) is 3.09. The van der Waals surface area contributed by atoms with Gasteiger partial charge >= 0.3 is 11.9 Å². The molecular formula is C24H22F4N4O3. The topological polar surface area (TPSA) is 82.2 Å². The second kappa shape index (κ2) is 9.49. The average molecular weight is 490 g/mol. The fraction of sp³-hybridized carbons (Fsp3) is 0.292. The van der Waals surface area contributed by atoms with E-state index in [9.17, 15) is 23.1 Å². The number of aromatic hydroxyl groups is 1. The summed E-state index contributed by atoms with van der Waals surface area (Å²) in [5.74, 6) is -3.33. The first-order valence-electron chi connectivity index (χ1n) is 10.8. The minimum Gasteiger partial charge on any atom is -0.493 e. The summed E-state index contributed by atoms with van der Waals surface area (Å²) in [7, 11) is 0. The summed E-state index contributed by atoms with van der Waals surface area (Å²) in [5.41, 5.74) is -0.550. The smallest absolute Gasteiger partial charge is 0.395 e. The highest BCUT2D eigenvalue weighted by atomic mass is 19.4. The van der Waals surface area contributed by atoms with Crippen LogP contribution in [-0.2, 0) is 24.5 Å². The van der Waals surface area contributed by atoms with Crippen LogP contribution in [0.4, 0.5) is 17.6 Å². The van der Waals surface area contributed by atoms with E-state index in [0.717, 1.165) is 35.4 Å². The number of benzene rings is 2. The van der Waals surface area contributed by atoms with Gasteiger partial charge in [-0.05, 0) is 31.0 Å². The lowest BCUT2D eigenvalue weighted by Gasteiger charge is -2.18. The van der Waals surface area contributed by atoms with Gasteiger partial charge in [0.25, 0.3) is 0 Å². The molecule has 11 heteroatoms. The zero-order chi connectivity index (χ0) is 25.3. The predicted octanol–water partition coefficient (Wildman–Crippen LogP) is 4.83. The van der Waals surface area contributed by atoms with Crippen molar-refractivity contribution in [2.24, 2.45) is 0 Å². The van der Waals surface area contributed by atoms with Crippen LogP contribution in [0.25, 0.3) is 16.6 Å². The van der Waals surface area contributed by atoms with Gasteiger partial charge in [-0.1, -0.05) is 30.3 Å². The SMILES string of the molecule is CCn1c(COCc2ccccc2)nn(-c2cc3c(C(C)C(F)(F)F)cc(O)nc3cc2F)c1=O. The standard InChI is InChI=1S/C24H22F4N4O3/c1-3-31-21(13-35-12-15-7-5-4-6-8-15)30-32(23(31)34)20-9-17-16(14(2)24(26,27)28)10-22(33)29-19(17)11-18(20)25/h4-11,14H,3,12-13H2,1-2H3,(H,29,33). The van der Waals surface area contributed by atoms with Gasteiger partial charge in [0.1, 0.15) is 12.3 Å². The van der Waals surface area contributed by atoms with Crippen LogP contribution in [0.15, 0.2) is 53.3 Å². The van der Waals surface area contributed by atoms with E-state index in [4.69, 9.17) is 4.74 Å². The molecule has 1 atom stereocenters. The number of halogens is 4. The number of pyridine rings is 1. The van der Waals surface area contributed by atoms with Crippen molar-refractivity contribution in [1.29, 1.82) is 0 Å². The fourth-order valence-electron chi connectivity index (χ4n) is 3.80. The molecule has 0 spiro atoms. The molecule has 1 unspecified atom stereocenters. The van der Waals surface area contributed by atoms with Gasteiger partial charge in [0, 0.05) is 24.1 Å². The van der Waals surface area contributed by atoms with E-state index in [1.807, 2.05) is 30.3 Å². The number of alkyl halides is 3.